The molecule has 0 N–H and O–H groups in total. The van der Waals surface area contributed by atoms with E-state index in [0.717, 1.165) is 5.41 Å². The van der Waals surface area contributed by atoms with Crippen molar-refractivity contribution < 1.29 is 8.42 Å². The van der Waals surface area contributed by atoms with Crippen LogP contribution in [0.15, 0.2) is 11.5 Å². The first-order chi connectivity index (χ1) is 3.91. The van der Waals surface area contributed by atoms with Crippen LogP contribution in [0.3, 0.4) is 0 Å². The van der Waals surface area contributed by atoms with Gasteiger partial charge in [0.2, 0.25) is 0 Å². The molecule has 2 nitrogen and oxygen atoms in total. The second-order valence-electron chi connectivity index (χ2n) is 1.87. The topological polar surface area (TPSA) is 34.1 Å². The van der Waals surface area contributed by atoms with Crippen molar-refractivity contribution in [3.63, 3.8) is 0 Å². The number of rotatable bonds is 0. The van der Waals surface area contributed by atoms with E-state index in [1.807, 2.05) is 0 Å². The zero-order valence-corrected chi connectivity index (χ0v) is 6.67. The summed E-state index contributed by atoms with van der Waals surface area (Å²) >= 11 is 10.9. The zero-order chi connectivity index (χ0) is 7.12. The van der Waals surface area contributed by atoms with E-state index >= 15 is 0 Å². The molecule has 0 amide bonds. The van der Waals surface area contributed by atoms with Crippen LogP contribution in [0.1, 0.15) is 0 Å². The second-order valence-corrected chi connectivity index (χ2v) is 5.30. The highest BCUT2D eigenvalue weighted by Crippen LogP contribution is 2.30. The minimum absolute atomic E-state index is 0.205. The third kappa shape index (κ3) is 1.85. The predicted octanol–water partition coefficient (Wildman–Crippen LogP) is 1.10. The smallest absolute Gasteiger partial charge is 0.174 e. The number of alkyl halides is 2. The van der Waals surface area contributed by atoms with E-state index in [0.29, 0.717) is 0 Å². The van der Waals surface area contributed by atoms with E-state index < -0.39 is 14.2 Å². The molecule has 0 radical (unpaired) electrons. The van der Waals surface area contributed by atoms with Gasteiger partial charge in [-0.25, -0.2) is 8.42 Å². The standard InChI is InChI=1S/C4H4Cl2O2S/c5-4(6)1-2-9(7,8)3-4/h1-2H,3H2. The highest BCUT2D eigenvalue weighted by molar-refractivity contribution is 7.94. The molecule has 0 fully saturated rings. The molecule has 9 heavy (non-hydrogen) atoms. The lowest BCUT2D eigenvalue weighted by molar-refractivity contribution is 0.606. The van der Waals surface area contributed by atoms with Gasteiger partial charge in [0, 0.05) is 5.41 Å². The Morgan fingerprint density at radius 1 is 1.44 bits per heavy atom. The van der Waals surface area contributed by atoms with Gasteiger partial charge in [0.25, 0.3) is 0 Å². The third-order valence-electron chi connectivity index (χ3n) is 0.913. The molecule has 1 aliphatic heterocycles. The molecule has 0 aromatic heterocycles. The van der Waals surface area contributed by atoms with Crippen molar-refractivity contribution in [1.82, 2.24) is 0 Å². The molecule has 0 aliphatic carbocycles. The fraction of sp³-hybridized carbons (Fsp3) is 0.500. The monoisotopic (exact) mass is 186 g/mol. The number of hydrogen-bond donors (Lipinski definition) is 0. The van der Waals surface area contributed by atoms with Crippen LogP contribution in [0.2, 0.25) is 0 Å². The molecular formula is C4H4Cl2O2S. The van der Waals surface area contributed by atoms with Gasteiger partial charge in [-0.15, -0.1) is 0 Å². The summed E-state index contributed by atoms with van der Waals surface area (Å²) in [5.41, 5.74) is 0. The molecule has 5 heteroatoms. The Balaban J connectivity index is 2.97. The van der Waals surface area contributed by atoms with Crippen molar-refractivity contribution in [2.45, 2.75) is 4.33 Å². The Morgan fingerprint density at radius 2 is 2.00 bits per heavy atom. The Hall–Kier alpha value is 0.270. The average molecular weight is 187 g/mol. The maximum Gasteiger partial charge on any atom is 0.174 e. The van der Waals surface area contributed by atoms with E-state index in [2.05, 4.69) is 0 Å². The fourth-order valence-corrected chi connectivity index (χ4v) is 2.92. The van der Waals surface area contributed by atoms with Crippen molar-refractivity contribution in [1.29, 1.82) is 0 Å². The van der Waals surface area contributed by atoms with Gasteiger partial charge >= 0.3 is 0 Å². The minimum Gasteiger partial charge on any atom is -0.224 e. The van der Waals surface area contributed by atoms with Gasteiger partial charge in [-0.1, -0.05) is 23.2 Å². The molecule has 0 atom stereocenters. The number of halogens is 2. The zero-order valence-electron chi connectivity index (χ0n) is 4.34. The molecule has 1 rings (SSSR count). The predicted molar refractivity (Wildman–Crippen MR) is 37.4 cm³/mol. The SMILES string of the molecule is O=S1(=O)C=CC(Cl)(Cl)C1. The lowest BCUT2D eigenvalue weighted by Crippen LogP contribution is -2.14. The van der Waals surface area contributed by atoms with Crippen LogP contribution in [-0.4, -0.2) is 18.5 Å². The number of hydrogen-bond acceptors (Lipinski definition) is 2. The molecule has 0 saturated heterocycles. The van der Waals surface area contributed by atoms with Gasteiger partial charge in [0.1, 0.15) is 0 Å². The summed E-state index contributed by atoms with van der Waals surface area (Å²) in [7, 11) is -3.10. The first-order valence-electron chi connectivity index (χ1n) is 2.21. The van der Waals surface area contributed by atoms with Crippen LogP contribution in [0, 0.1) is 0 Å². The minimum atomic E-state index is -3.10. The molecule has 0 aromatic carbocycles. The van der Waals surface area contributed by atoms with E-state index in [9.17, 15) is 8.42 Å². The Labute approximate surface area is 63.4 Å². The van der Waals surface area contributed by atoms with Crippen molar-refractivity contribution in [3.05, 3.63) is 11.5 Å². The van der Waals surface area contributed by atoms with E-state index in [-0.39, 0.29) is 5.75 Å². The third-order valence-corrected chi connectivity index (χ3v) is 3.16. The Morgan fingerprint density at radius 3 is 2.11 bits per heavy atom. The molecule has 0 aromatic rings. The lowest BCUT2D eigenvalue weighted by atomic mass is 10.5. The first-order valence-corrected chi connectivity index (χ1v) is 4.68. The summed E-state index contributed by atoms with van der Waals surface area (Å²) in [6.45, 7) is 0. The van der Waals surface area contributed by atoms with Gasteiger partial charge in [-0.3, -0.25) is 0 Å². The largest absolute Gasteiger partial charge is 0.224 e. The first kappa shape index (κ1) is 7.38. The van der Waals surface area contributed by atoms with Gasteiger partial charge in [-0.05, 0) is 6.08 Å². The second kappa shape index (κ2) is 1.87. The van der Waals surface area contributed by atoms with Gasteiger partial charge in [0.05, 0.1) is 5.75 Å². The van der Waals surface area contributed by atoms with E-state index in [1.165, 1.54) is 6.08 Å². The number of allylic oxidation sites excluding steroid dienone is 1. The lowest BCUT2D eigenvalue weighted by Gasteiger charge is -2.04. The van der Waals surface area contributed by atoms with Crippen LogP contribution in [0.4, 0.5) is 0 Å². The maximum atomic E-state index is 10.6. The van der Waals surface area contributed by atoms with Crippen LogP contribution >= 0.6 is 23.2 Å². The van der Waals surface area contributed by atoms with Crippen LogP contribution < -0.4 is 0 Å². The van der Waals surface area contributed by atoms with Gasteiger partial charge in [-0.2, -0.15) is 0 Å². The Bertz CT molecular complexity index is 239. The fourth-order valence-electron chi connectivity index (χ4n) is 0.568. The molecule has 1 heterocycles. The van der Waals surface area contributed by atoms with Crippen LogP contribution in [0.5, 0.6) is 0 Å². The summed E-state index contributed by atoms with van der Waals surface area (Å²) < 4.78 is 20.0. The summed E-state index contributed by atoms with van der Waals surface area (Å²) in [5.74, 6) is -0.205. The number of sulfone groups is 1. The highest BCUT2D eigenvalue weighted by Gasteiger charge is 2.32. The Kier molecular flexibility index (Phi) is 1.54. The molecular weight excluding hydrogens is 183 g/mol. The normalized spacial score (nSPS) is 28.7. The summed E-state index contributed by atoms with van der Waals surface area (Å²) in [6, 6.07) is 0. The summed E-state index contributed by atoms with van der Waals surface area (Å²) in [6.07, 6.45) is 1.27. The summed E-state index contributed by atoms with van der Waals surface area (Å²) in [4.78, 5) is 0. The van der Waals surface area contributed by atoms with Crippen molar-refractivity contribution >= 4 is 33.0 Å². The van der Waals surface area contributed by atoms with Crippen LogP contribution in [-0.2, 0) is 9.84 Å². The van der Waals surface area contributed by atoms with Crippen molar-refractivity contribution in [2.75, 3.05) is 5.75 Å². The van der Waals surface area contributed by atoms with Crippen LogP contribution in [0.25, 0.3) is 0 Å². The molecule has 0 saturated carbocycles. The summed E-state index contributed by atoms with van der Waals surface area (Å²) in [5, 5.41) is 1.03. The van der Waals surface area contributed by atoms with Crippen molar-refractivity contribution in [3.8, 4) is 0 Å². The quantitative estimate of drug-likeness (QED) is 0.532. The molecule has 1 aliphatic rings. The molecule has 0 bridgehead atoms. The highest BCUT2D eigenvalue weighted by atomic mass is 35.5. The molecule has 0 unspecified atom stereocenters. The van der Waals surface area contributed by atoms with Gasteiger partial charge < -0.3 is 0 Å². The van der Waals surface area contributed by atoms with Crippen molar-refractivity contribution in [2.24, 2.45) is 0 Å². The molecule has 0 spiro atoms. The average Bonchev–Trinajstić information content (AvgIpc) is 1.78. The molecule has 52 valence electrons. The van der Waals surface area contributed by atoms with Gasteiger partial charge in [0.15, 0.2) is 14.2 Å². The van der Waals surface area contributed by atoms with E-state index in [1.54, 1.807) is 0 Å². The van der Waals surface area contributed by atoms with E-state index in [4.69, 9.17) is 23.2 Å². The maximum absolute atomic E-state index is 10.6.